The predicted molar refractivity (Wildman–Crippen MR) is 72.3 cm³/mol. The molecule has 0 atom stereocenters. The lowest BCUT2D eigenvalue weighted by molar-refractivity contribution is -0.121. The summed E-state index contributed by atoms with van der Waals surface area (Å²) in [5.41, 5.74) is 3.32. The quantitative estimate of drug-likeness (QED) is 0.696. The maximum absolute atomic E-state index is 11.5. The van der Waals surface area contributed by atoms with E-state index in [0.717, 1.165) is 5.56 Å². The van der Waals surface area contributed by atoms with E-state index in [1.807, 2.05) is 16.8 Å². The number of thiophene rings is 1. The van der Waals surface area contributed by atoms with Gasteiger partial charge in [0.25, 0.3) is 5.91 Å². The summed E-state index contributed by atoms with van der Waals surface area (Å²) < 4.78 is 1.43. The Hall–Kier alpha value is -1.37. The van der Waals surface area contributed by atoms with E-state index in [2.05, 4.69) is 15.5 Å². The molecule has 0 fully saturated rings. The number of aromatic nitrogens is 2. The lowest BCUT2D eigenvalue weighted by atomic mass is 10.4. The number of halogens is 2. The average molecular weight is 303 g/mol. The molecule has 2 aromatic rings. The molecule has 0 aliphatic carbocycles. The van der Waals surface area contributed by atoms with Crippen LogP contribution in [0.2, 0.25) is 10.3 Å². The van der Waals surface area contributed by atoms with Gasteiger partial charge in [0.1, 0.15) is 11.7 Å². The maximum Gasteiger partial charge on any atom is 0.260 e. The predicted octanol–water partition coefficient (Wildman–Crippen LogP) is 2.40. The molecule has 2 aromatic heterocycles. The highest BCUT2D eigenvalue weighted by Crippen LogP contribution is 2.18. The molecule has 94 valence electrons. The van der Waals surface area contributed by atoms with Crippen molar-refractivity contribution in [1.82, 2.24) is 15.0 Å². The molecule has 0 saturated carbocycles. The van der Waals surface area contributed by atoms with Crippen LogP contribution in [0.5, 0.6) is 0 Å². The van der Waals surface area contributed by atoms with Crippen LogP contribution in [-0.2, 0) is 11.3 Å². The van der Waals surface area contributed by atoms with Crippen molar-refractivity contribution in [3.63, 3.8) is 0 Å². The molecular weight excluding hydrogens is 295 g/mol. The topological polar surface area (TPSA) is 59.3 Å². The molecule has 0 bridgehead atoms. The number of nitrogens with zero attached hydrogens (tertiary/aromatic N) is 3. The first-order valence-corrected chi connectivity index (χ1v) is 6.57. The number of hydrogen-bond donors (Lipinski definition) is 1. The number of carbonyl (C=O) groups excluding carboxylic acids is 1. The fraction of sp³-hybridized carbons (Fsp3) is 0.100. The van der Waals surface area contributed by atoms with Crippen LogP contribution in [0.15, 0.2) is 28.3 Å². The second-order valence-corrected chi connectivity index (χ2v) is 4.80. The summed E-state index contributed by atoms with van der Waals surface area (Å²) in [6.45, 7) is 0.0134. The van der Waals surface area contributed by atoms with Crippen LogP contribution in [0.25, 0.3) is 0 Å². The van der Waals surface area contributed by atoms with Gasteiger partial charge in [-0.1, -0.05) is 23.2 Å². The third kappa shape index (κ3) is 3.32. The maximum atomic E-state index is 11.5. The third-order valence-corrected chi connectivity index (χ3v) is 3.46. The Morgan fingerprint density at radius 1 is 1.61 bits per heavy atom. The molecule has 2 heterocycles. The SMILES string of the molecule is O=C(Cn1cnc(Cl)c1Cl)NN=Cc1ccsc1. The monoisotopic (exact) mass is 302 g/mol. The minimum atomic E-state index is -0.308. The summed E-state index contributed by atoms with van der Waals surface area (Å²) in [6, 6.07) is 1.90. The lowest BCUT2D eigenvalue weighted by Gasteiger charge is -2.01. The largest absolute Gasteiger partial charge is 0.311 e. The molecule has 1 N–H and O–H groups in total. The van der Waals surface area contributed by atoms with Crippen LogP contribution in [-0.4, -0.2) is 21.7 Å². The van der Waals surface area contributed by atoms with Crippen LogP contribution >= 0.6 is 34.5 Å². The van der Waals surface area contributed by atoms with Gasteiger partial charge in [-0.3, -0.25) is 4.79 Å². The van der Waals surface area contributed by atoms with Gasteiger partial charge in [0.05, 0.1) is 12.5 Å². The molecule has 0 spiro atoms. The van der Waals surface area contributed by atoms with Crippen LogP contribution < -0.4 is 5.43 Å². The van der Waals surface area contributed by atoms with E-state index in [0.29, 0.717) is 0 Å². The van der Waals surface area contributed by atoms with Gasteiger partial charge in [-0.15, -0.1) is 0 Å². The number of hydrazone groups is 1. The van der Waals surface area contributed by atoms with Gasteiger partial charge in [-0.25, -0.2) is 10.4 Å². The summed E-state index contributed by atoms with van der Waals surface area (Å²) in [6.07, 6.45) is 2.96. The summed E-state index contributed by atoms with van der Waals surface area (Å²) in [4.78, 5) is 15.3. The first-order valence-electron chi connectivity index (χ1n) is 4.87. The van der Waals surface area contributed by atoms with E-state index in [9.17, 15) is 4.79 Å². The Kier molecular flexibility index (Phi) is 4.35. The lowest BCUT2D eigenvalue weighted by Crippen LogP contribution is -2.22. The molecule has 2 rings (SSSR count). The highest BCUT2D eigenvalue weighted by molar-refractivity contribution is 7.08. The number of imidazole rings is 1. The number of rotatable bonds is 4. The molecule has 5 nitrogen and oxygen atoms in total. The highest BCUT2D eigenvalue weighted by atomic mass is 35.5. The highest BCUT2D eigenvalue weighted by Gasteiger charge is 2.09. The number of carbonyl (C=O) groups is 1. The number of nitrogens with one attached hydrogen (secondary N) is 1. The van der Waals surface area contributed by atoms with Gasteiger partial charge in [-0.2, -0.15) is 16.4 Å². The van der Waals surface area contributed by atoms with E-state index in [-0.39, 0.29) is 22.8 Å². The van der Waals surface area contributed by atoms with Crippen molar-refractivity contribution < 1.29 is 4.79 Å². The molecule has 0 unspecified atom stereocenters. The Labute approximate surface area is 117 Å². The summed E-state index contributed by atoms with van der Waals surface area (Å²) in [5.74, 6) is -0.308. The normalized spacial score (nSPS) is 11.0. The molecule has 8 heteroatoms. The molecule has 18 heavy (non-hydrogen) atoms. The fourth-order valence-electron chi connectivity index (χ4n) is 1.17. The van der Waals surface area contributed by atoms with Crippen LogP contribution in [0.1, 0.15) is 5.56 Å². The molecule has 0 radical (unpaired) electrons. The number of hydrogen-bond acceptors (Lipinski definition) is 4. The zero-order chi connectivity index (χ0) is 13.0. The second kappa shape index (κ2) is 5.99. The van der Waals surface area contributed by atoms with Crippen LogP contribution in [0.4, 0.5) is 0 Å². The third-order valence-electron chi connectivity index (χ3n) is 1.99. The fourth-order valence-corrected chi connectivity index (χ4v) is 2.09. The molecule has 0 aromatic carbocycles. The molecule has 1 amide bonds. The smallest absolute Gasteiger partial charge is 0.260 e. The minimum absolute atomic E-state index is 0.0134. The van der Waals surface area contributed by atoms with Crippen LogP contribution in [0, 0.1) is 0 Å². The Balaban J connectivity index is 1.88. The molecule has 0 aliphatic heterocycles. The van der Waals surface area contributed by atoms with Crippen molar-refractivity contribution in [3.8, 4) is 0 Å². The van der Waals surface area contributed by atoms with Gasteiger partial charge in [0.2, 0.25) is 0 Å². The molecular formula is C10H8Cl2N4OS. The van der Waals surface area contributed by atoms with Crippen LogP contribution in [0.3, 0.4) is 0 Å². The van der Waals surface area contributed by atoms with Crippen molar-refractivity contribution >= 4 is 46.7 Å². The Morgan fingerprint density at radius 2 is 2.44 bits per heavy atom. The van der Waals surface area contributed by atoms with E-state index >= 15 is 0 Å². The van der Waals surface area contributed by atoms with E-state index < -0.39 is 0 Å². The van der Waals surface area contributed by atoms with E-state index in [4.69, 9.17) is 23.2 Å². The van der Waals surface area contributed by atoms with Crippen molar-refractivity contribution in [2.24, 2.45) is 5.10 Å². The molecule has 0 aliphatic rings. The van der Waals surface area contributed by atoms with E-state index in [1.165, 1.54) is 10.9 Å². The van der Waals surface area contributed by atoms with Gasteiger partial charge in [0.15, 0.2) is 5.15 Å². The Morgan fingerprint density at radius 3 is 3.06 bits per heavy atom. The first kappa shape index (κ1) is 13.1. The van der Waals surface area contributed by atoms with Gasteiger partial charge < -0.3 is 4.57 Å². The second-order valence-electron chi connectivity index (χ2n) is 3.30. The Bertz CT molecular complexity index is 564. The average Bonchev–Trinajstić information content (AvgIpc) is 2.95. The zero-order valence-corrected chi connectivity index (χ0v) is 11.3. The van der Waals surface area contributed by atoms with Gasteiger partial charge >= 0.3 is 0 Å². The van der Waals surface area contributed by atoms with Crippen molar-refractivity contribution in [1.29, 1.82) is 0 Å². The summed E-state index contributed by atoms with van der Waals surface area (Å²) >= 11 is 13.0. The molecule has 0 saturated heterocycles. The number of amides is 1. The standard InChI is InChI=1S/C10H8Cl2N4OS/c11-9-10(12)16(6-13-9)4-8(17)15-14-3-7-1-2-18-5-7/h1-3,5-6H,4H2,(H,15,17). The van der Waals surface area contributed by atoms with Crippen molar-refractivity contribution in [2.75, 3.05) is 0 Å². The summed E-state index contributed by atoms with van der Waals surface area (Å²) in [5, 5.41) is 8.07. The summed E-state index contributed by atoms with van der Waals surface area (Å²) in [7, 11) is 0. The van der Waals surface area contributed by atoms with E-state index in [1.54, 1.807) is 17.6 Å². The van der Waals surface area contributed by atoms with Gasteiger partial charge in [-0.05, 0) is 16.8 Å². The van der Waals surface area contributed by atoms with Gasteiger partial charge in [0, 0.05) is 5.56 Å². The first-order chi connectivity index (χ1) is 8.66. The van der Waals surface area contributed by atoms with Crippen molar-refractivity contribution in [2.45, 2.75) is 6.54 Å². The van der Waals surface area contributed by atoms with Crippen molar-refractivity contribution in [3.05, 3.63) is 39.0 Å². The zero-order valence-electron chi connectivity index (χ0n) is 9.01. The minimum Gasteiger partial charge on any atom is -0.311 e.